The van der Waals surface area contributed by atoms with E-state index in [9.17, 15) is 4.79 Å². The Morgan fingerprint density at radius 3 is 0.793 bits per heavy atom. The summed E-state index contributed by atoms with van der Waals surface area (Å²) in [5.74, 6) is 0.512. The van der Waals surface area contributed by atoms with E-state index < -0.39 is 0 Å². The highest BCUT2D eigenvalue weighted by Gasteiger charge is 2.02. The van der Waals surface area contributed by atoms with E-state index in [4.69, 9.17) is 0 Å². The van der Waals surface area contributed by atoms with Crippen LogP contribution in [-0.4, -0.2) is 5.78 Å². The fourth-order valence-corrected chi connectivity index (χ4v) is 4.27. The molecule has 0 amide bonds. The van der Waals surface area contributed by atoms with E-state index in [0.717, 1.165) is 25.7 Å². The standard InChI is InChI=1S/C28H56O/c1-3-5-7-9-10-11-12-13-14-15-16-17-18-19-20-21-23-25-27-28(29)26-24-22-8-6-4-2/h3-27H2,1-2H3. The molecule has 0 aromatic carbocycles. The summed E-state index contributed by atoms with van der Waals surface area (Å²) in [5, 5.41) is 0. The fraction of sp³-hybridized carbons (Fsp3) is 0.964. The third-order valence-corrected chi connectivity index (χ3v) is 6.37. The molecule has 0 spiro atoms. The predicted octanol–water partition coefficient (Wildman–Crippen LogP) is 10.3. The number of ketones is 1. The van der Waals surface area contributed by atoms with Crippen molar-refractivity contribution in [1.29, 1.82) is 0 Å². The summed E-state index contributed by atoms with van der Waals surface area (Å²) in [6.07, 6.45) is 33.3. The van der Waals surface area contributed by atoms with Crippen LogP contribution < -0.4 is 0 Å². The molecule has 0 saturated carbocycles. The maximum Gasteiger partial charge on any atom is 0.132 e. The smallest absolute Gasteiger partial charge is 0.132 e. The summed E-state index contributed by atoms with van der Waals surface area (Å²) in [5.41, 5.74) is 0. The highest BCUT2D eigenvalue weighted by molar-refractivity contribution is 5.78. The highest BCUT2D eigenvalue weighted by Crippen LogP contribution is 2.15. The van der Waals surface area contributed by atoms with Crippen LogP contribution in [-0.2, 0) is 4.79 Å². The van der Waals surface area contributed by atoms with Gasteiger partial charge in [-0.15, -0.1) is 0 Å². The summed E-state index contributed by atoms with van der Waals surface area (Å²) in [6.45, 7) is 4.53. The van der Waals surface area contributed by atoms with Crippen LogP contribution in [0.4, 0.5) is 0 Å². The number of rotatable bonds is 25. The van der Waals surface area contributed by atoms with Crippen LogP contribution in [0.5, 0.6) is 0 Å². The van der Waals surface area contributed by atoms with Crippen molar-refractivity contribution in [3.05, 3.63) is 0 Å². The largest absolute Gasteiger partial charge is 0.300 e. The van der Waals surface area contributed by atoms with Crippen LogP contribution in [0.25, 0.3) is 0 Å². The van der Waals surface area contributed by atoms with E-state index in [-0.39, 0.29) is 0 Å². The number of carbonyl (C=O) groups excluding carboxylic acids is 1. The molecule has 0 bridgehead atoms. The first kappa shape index (κ1) is 28.7. The van der Waals surface area contributed by atoms with Crippen LogP contribution in [0.3, 0.4) is 0 Å². The maximum atomic E-state index is 11.8. The zero-order chi connectivity index (χ0) is 21.3. The number of unbranched alkanes of at least 4 members (excludes halogenated alkanes) is 21. The van der Waals surface area contributed by atoms with E-state index in [1.165, 1.54) is 135 Å². The van der Waals surface area contributed by atoms with E-state index in [1.807, 2.05) is 0 Å². The lowest BCUT2D eigenvalue weighted by Crippen LogP contribution is -1.97. The van der Waals surface area contributed by atoms with Gasteiger partial charge in [0, 0.05) is 12.8 Å². The van der Waals surface area contributed by atoms with Crippen molar-refractivity contribution < 1.29 is 4.79 Å². The minimum Gasteiger partial charge on any atom is -0.300 e. The van der Waals surface area contributed by atoms with E-state index >= 15 is 0 Å². The Kier molecular flexibility index (Phi) is 25.4. The molecule has 0 heterocycles. The fourth-order valence-electron chi connectivity index (χ4n) is 4.27. The zero-order valence-corrected chi connectivity index (χ0v) is 20.6. The van der Waals surface area contributed by atoms with Crippen molar-refractivity contribution >= 4 is 5.78 Å². The molecule has 29 heavy (non-hydrogen) atoms. The van der Waals surface area contributed by atoms with Crippen molar-refractivity contribution in [3.63, 3.8) is 0 Å². The van der Waals surface area contributed by atoms with Gasteiger partial charge in [0.2, 0.25) is 0 Å². The highest BCUT2D eigenvalue weighted by atomic mass is 16.1. The first-order valence-corrected chi connectivity index (χ1v) is 13.8. The third kappa shape index (κ3) is 25.6. The first-order chi connectivity index (χ1) is 14.3. The number of hydrogen-bond donors (Lipinski definition) is 0. The van der Waals surface area contributed by atoms with Gasteiger partial charge in [0.15, 0.2) is 0 Å². The van der Waals surface area contributed by atoms with Gasteiger partial charge >= 0.3 is 0 Å². The van der Waals surface area contributed by atoms with Crippen LogP contribution in [0, 0.1) is 0 Å². The Labute approximate surface area is 185 Å². The SMILES string of the molecule is CCCCCCCCCCCCCCCCCCCCC(=O)CCCCCCC. The van der Waals surface area contributed by atoms with Gasteiger partial charge in [-0.3, -0.25) is 4.79 Å². The van der Waals surface area contributed by atoms with Crippen LogP contribution >= 0.6 is 0 Å². The lowest BCUT2D eigenvalue weighted by atomic mass is 10.0. The second-order valence-electron chi connectivity index (χ2n) is 9.46. The molecule has 0 radical (unpaired) electrons. The lowest BCUT2D eigenvalue weighted by Gasteiger charge is -2.04. The molecule has 0 atom stereocenters. The number of Topliss-reactive ketones (excluding diaryl/α,β-unsaturated/α-hetero) is 1. The Morgan fingerprint density at radius 2 is 0.552 bits per heavy atom. The quantitative estimate of drug-likeness (QED) is 0.137. The Balaban J connectivity index is 3.08. The summed E-state index contributed by atoms with van der Waals surface area (Å²) in [6, 6.07) is 0. The normalized spacial score (nSPS) is 11.2. The first-order valence-electron chi connectivity index (χ1n) is 13.8. The van der Waals surface area contributed by atoms with E-state index in [2.05, 4.69) is 13.8 Å². The van der Waals surface area contributed by atoms with Crippen molar-refractivity contribution in [2.24, 2.45) is 0 Å². The molecule has 174 valence electrons. The molecular formula is C28H56O. The number of hydrogen-bond acceptors (Lipinski definition) is 1. The topological polar surface area (TPSA) is 17.1 Å². The molecule has 0 N–H and O–H groups in total. The molecule has 0 fully saturated rings. The van der Waals surface area contributed by atoms with Gasteiger partial charge in [0.1, 0.15) is 5.78 Å². The molecule has 0 aromatic rings. The van der Waals surface area contributed by atoms with Crippen LogP contribution in [0.2, 0.25) is 0 Å². The Hall–Kier alpha value is -0.330. The Bertz CT molecular complexity index is 309. The van der Waals surface area contributed by atoms with Gasteiger partial charge in [-0.25, -0.2) is 0 Å². The molecule has 0 rings (SSSR count). The summed E-state index contributed by atoms with van der Waals surface area (Å²) < 4.78 is 0. The van der Waals surface area contributed by atoms with Crippen LogP contribution in [0.1, 0.15) is 174 Å². The Morgan fingerprint density at radius 1 is 0.345 bits per heavy atom. The monoisotopic (exact) mass is 408 g/mol. The number of carbonyl (C=O) groups is 1. The minimum atomic E-state index is 0.512. The van der Waals surface area contributed by atoms with Crippen molar-refractivity contribution in [3.8, 4) is 0 Å². The van der Waals surface area contributed by atoms with Crippen LogP contribution in [0.15, 0.2) is 0 Å². The molecule has 0 aromatic heterocycles. The zero-order valence-electron chi connectivity index (χ0n) is 20.6. The molecule has 0 aliphatic heterocycles. The van der Waals surface area contributed by atoms with Gasteiger partial charge in [-0.05, 0) is 12.8 Å². The average molecular weight is 409 g/mol. The summed E-state index contributed by atoms with van der Waals surface area (Å²) in [7, 11) is 0. The van der Waals surface area contributed by atoms with Crippen molar-refractivity contribution in [2.75, 3.05) is 0 Å². The van der Waals surface area contributed by atoms with Gasteiger partial charge in [-0.2, -0.15) is 0 Å². The second-order valence-corrected chi connectivity index (χ2v) is 9.46. The lowest BCUT2D eigenvalue weighted by molar-refractivity contribution is -0.119. The molecule has 0 unspecified atom stereocenters. The molecule has 0 aliphatic carbocycles. The molecular weight excluding hydrogens is 352 g/mol. The van der Waals surface area contributed by atoms with E-state index in [0.29, 0.717) is 5.78 Å². The average Bonchev–Trinajstić information content (AvgIpc) is 2.72. The third-order valence-electron chi connectivity index (χ3n) is 6.37. The van der Waals surface area contributed by atoms with Gasteiger partial charge < -0.3 is 0 Å². The molecule has 1 nitrogen and oxygen atoms in total. The van der Waals surface area contributed by atoms with Crippen molar-refractivity contribution in [2.45, 2.75) is 174 Å². The minimum absolute atomic E-state index is 0.512. The predicted molar refractivity (Wildman–Crippen MR) is 132 cm³/mol. The van der Waals surface area contributed by atoms with Gasteiger partial charge in [0.05, 0.1) is 0 Å². The van der Waals surface area contributed by atoms with E-state index in [1.54, 1.807) is 0 Å². The molecule has 0 aliphatic rings. The van der Waals surface area contributed by atoms with Gasteiger partial charge in [0.25, 0.3) is 0 Å². The van der Waals surface area contributed by atoms with Gasteiger partial charge in [-0.1, -0.05) is 149 Å². The molecule has 0 saturated heterocycles. The summed E-state index contributed by atoms with van der Waals surface area (Å²) in [4.78, 5) is 11.8. The molecule has 1 heteroatoms. The second kappa shape index (κ2) is 25.7. The maximum absolute atomic E-state index is 11.8. The summed E-state index contributed by atoms with van der Waals surface area (Å²) >= 11 is 0. The van der Waals surface area contributed by atoms with Crippen molar-refractivity contribution in [1.82, 2.24) is 0 Å².